The van der Waals surface area contributed by atoms with Crippen LogP contribution in [0.3, 0.4) is 0 Å². The molecule has 0 unspecified atom stereocenters. The van der Waals surface area contributed by atoms with Crippen LogP contribution < -0.4 is 9.64 Å². The van der Waals surface area contributed by atoms with Crippen molar-refractivity contribution in [2.45, 2.75) is 93.8 Å². The quantitative estimate of drug-likeness (QED) is 0.330. The number of nitrogens with zero attached hydrogens (tertiary/aromatic N) is 1. The lowest BCUT2D eigenvalue weighted by Gasteiger charge is -2.39. The monoisotopic (exact) mass is 609 g/mol. The summed E-state index contributed by atoms with van der Waals surface area (Å²) >= 11 is 0. The molecule has 1 aromatic carbocycles. The number of fused-ring (bicyclic) bond motifs is 1. The Morgan fingerprint density at radius 3 is 2.17 bits per heavy atom. The Hall–Kier alpha value is -2.32. The maximum absolute atomic E-state index is 15.6. The van der Waals surface area contributed by atoms with E-state index in [2.05, 4.69) is 0 Å². The highest BCUT2D eigenvalue weighted by Crippen LogP contribution is 2.48. The molecule has 3 rings (SSSR count). The van der Waals surface area contributed by atoms with Crippen LogP contribution in [0.4, 0.5) is 40.8 Å². The fourth-order valence-corrected chi connectivity index (χ4v) is 6.53. The van der Waals surface area contributed by atoms with E-state index in [1.807, 2.05) is 0 Å². The average Bonchev–Trinajstić information content (AvgIpc) is 2.88. The molecule has 0 radical (unpaired) electrons. The number of benzene rings is 1. The summed E-state index contributed by atoms with van der Waals surface area (Å²) in [5.41, 5.74) is -6.56. The fourth-order valence-electron chi connectivity index (χ4n) is 4.81. The van der Waals surface area contributed by atoms with Gasteiger partial charge < -0.3 is 14.7 Å². The van der Waals surface area contributed by atoms with Crippen molar-refractivity contribution in [1.82, 2.24) is 0 Å². The Balaban J connectivity index is 2.19. The van der Waals surface area contributed by atoms with Crippen LogP contribution in [0.1, 0.15) is 64.9 Å². The van der Waals surface area contributed by atoms with E-state index in [-0.39, 0.29) is 12.8 Å². The molecule has 1 aliphatic heterocycles. The van der Waals surface area contributed by atoms with E-state index in [9.17, 15) is 49.1 Å². The zero-order valence-corrected chi connectivity index (χ0v) is 22.8. The van der Waals surface area contributed by atoms with E-state index in [4.69, 9.17) is 4.74 Å². The number of alkyl halides is 8. The number of rotatable bonds is 8. The van der Waals surface area contributed by atoms with Crippen molar-refractivity contribution in [3.05, 3.63) is 17.7 Å². The number of sulfone groups is 1. The van der Waals surface area contributed by atoms with Gasteiger partial charge in [-0.3, -0.25) is 4.79 Å². The fraction of sp³-hybridized carbons (Fsp3) is 0.720. The Morgan fingerprint density at radius 2 is 1.68 bits per heavy atom. The maximum atomic E-state index is 15.6. The minimum absolute atomic E-state index is 0.257. The number of ether oxygens (including phenoxy) is 1. The van der Waals surface area contributed by atoms with Crippen LogP contribution >= 0.6 is 0 Å². The lowest BCUT2D eigenvalue weighted by molar-refractivity contribution is -0.148. The molecule has 2 atom stereocenters. The van der Waals surface area contributed by atoms with Crippen molar-refractivity contribution in [2.75, 3.05) is 18.1 Å². The molecule has 1 saturated carbocycles. The largest absolute Gasteiger partial charge is 0.492 e. The normalized spacial score (nSPS) is 23.8. The highest BCUT2D eigenvalue weighted by molar-refractivity contribution is 7.92. The molecule has 1 fully saturated rings. The van der Waals surface area contributed by atoms with E-state index in [1.54, 1.807) is 0 Å². The summed E-state index contributed by atoms with van der Waals surface area (Å²) in [6, 6.07) is -0.0341. The molecule has 228 valence electrons. The maximum Gasteiger partial charge on any atom is 0.420 e. The molecule has 2 aliphatic rings. The first-order valence-corrected chi connectivity index (χ1v) is 14.1. The molecule has 40 heavy (non-hydrogen) atoms. The first kappa shape index (κ1) is 32.2. The molecular formula is C25H31F8NO5S. The molecule has 0 aromatic heterocycles. The van der Waals surface area contributed by atoms with Crippen molar-refractivity contribution in [2.24, 2.45) is 11.3 Å². The van der Waals surface area contributed by atoms with Gasteiger partial charge >= 0.3 is 12.1 Å². The zero-order chi connectivity index (χ0) is 30.5. The van der Waals surface area contributed by atoms with Crippen molar-refractivity contribution in [3.8, 4) is 5.75 Å². The van der Waals surface area contributed by atoms with Crippen LogP contribution in [0.5, 0.6) is 5.75 Å². The van der Waals surface area contributed by atoms with E-state index in [0.29, 0.717) is 19.1 Å². The number of carboxylic acids is 1. The molecule has 1 aliphatic carbocycles. The number of hydrogen-bond donors (Lipinski definition) is 1. The Morgan fingerprint density at radius 1 is 1.10 bits per heavy atom. The van der Waals surface area contributed by atoms with Crippen molar-refractivity contribution >= 4 is 21.5 Å². The topological polar surface area (TPSA) is 83.9 Å². The molecule has 0 amide bonds. The van der Waals surface area contributed by atoms with Gasteiger partial charge in [-0.2, -0.15) is 13.2 Å². The lowest BCUT2D eigenvalue weighted by atomic mass is 9.89. The second-order valence-electron chi connectivity index (χ2n) is 11.3. The number of halogens is 8. The molecule has 1 heterocycles. The standard InChI is InChI=1S/C25H31F8NO5S/c1-22(2,21(35)36)13-39-18-11-19-17(10-16(18)25(31,32)33)34(15-5-8-24(29,30)9-6-15)12-14(4-7-23(3,27)28)20(26)40(19,37)38/h10-11,14-15,20H,4-9,12-13H2,1-3H3,(H,35,36)/t14-,20+/m1/s1. The first-order valence-electron chi connectivity index (χ1n) is 12.6. The van der Waals surface area contributed by atoms with Gasteiger partial charge in [0.2, 0.25) is 27.2 Å². The van der Waals surface area contributed by atoms with Crippen LogP contribution in [0.15, 0.2) is 17.0 Å². The van der Waals surface area contributed by atoms with Crippen LogP contribution in [-0.2, 0) is 20.8 Å². The summed E-state index contributed by atoms with van der Waals surface area (Å²) in [6.07, 6.45) is -8.50. The van der Waals surface area contributed by atoms with Gasteiger partial charge in [-0.05, 0) is 46.1 Å². The Bertz CT molecular complexity index is 1200. The number of carboxylic acid groups (broad SMARTS) is 1. The number of carbonyl (C=O) groups is 1. The summed E-state index contributed by atoms with van der Waals surface area (Å²) in [4.78, 5) is 11.6. The third-order valence-electron chi connectivity index (χ3n) is 7.33. The van der Waals surface area contributed by atoms with Gasteiger partial charge in [0.15, 0.2) is 0 Å². The smallest absolute Gasteiger partial charge is 0.420 e. The van der Waals surface area contributed by atoms with E-state index in [1.165, 1.54) is 0 Å². The highest BCUT2D eigenvalue weighted by atomic mass is 32.2. The summed E-state index contributed by atoms with van der Waals surface area (Å²) in [7, 11) is -5.09. The van der Waals surface area contributed by atoms with Crippen LogP contribution in [0.25, 0.3) is 0 Å². The van der Waals surface area contributed by atoms with E-state index in [0.717, 1.165) is 18.7 Å². The summed E-state index contributed by atoms with van der Waals surface area (Å²) in [5.74, 6) is -10.4. The van der Waals surface area contributed by atoms with Crippen molar-refractivity contribution in [3.63, 3.8) is 0 Å². The minimum atomic E-state index is -5.14. The molecule has 1 N–H and O–H groups in total. The molecule has 0 saturated heterocycles. The van der Waals surface area contributed by atoms with E-state index < -0.39 is 117 Å². The minimum Gasteiger partial charge on any atom is -0.492 e. The van der Waals surface area contributed by atoms with Crippen LogP contribution in [0, 0.1) is 11.3 Å². The molecule has 6 nitrogen and oxygen atoms in total. The Labute approximate surface area is 226 Å². The molecule has 1 aromatic rings. The number of anilines is 1. The molecular weight excluding hydrogens is 578 g/mol. The predicted octanol–water partition coefficient (Wildman–Crippen LogP) is 6.71. The molecule has 0 spiro atoms. The second kappa shape index (κ2) is 10.8. The summed E-state index contributed by atoms with van der Waals surface area (Å²) in [6.45, 7) is 1.48. The second-order valence-corrected chi connectivity index (χ2v) is 13.3. The zero-order valence-electron chi connectivity index (χ0n) is 22.0. The van der Waals surface area contributed by atoms with Crippen LogP contribution in [-0.4, -0.2) is 56.0 Å². The van der Waals surface area contributed by atoms with Gasteiger partial charge in [0.25, 0.3) is 0 Å². The molecule has 0 bridgehead atoms. The predicted molar refractivity (Wildman–Crippen MR) is 128 cm³/mol. The Kier molecular flexibility index (Phi) is 8.71. The lowest BCUT2D eigenvalue weighted by Crippen LogP contribution is -2.44. The van der Waals surface area contributed by atoms with Gasteiger partial charge in [0.1, 0.15) is 12.4 Å². The number of hydrogen-bond acceptors (Lipinski definition) is 5. The molecule has 15 heteroatoms. The van der Waals surface area contributed by atoms with Crippen molar-refractivity contribution < 1.29 is 58.2 Å². The van der Waals surface area contributed by atoms with Crippen LogP contribution in [0.2, 0.25) is 0 Å². The SMILES string of the molecule is CC(F)(F)CC[C@@H]1CN(C2CCC(F)(F)CC2)c2cc(C(F)(F)F)c(OCC(C)(C)C(=O)O)cc2S(=O)(=O)[C@@H]1F. The summed E-state index contributed by atoms with van der Waals surface area (Å²) in [5, 5.41) is 9.29. The highest BCUT2D eigenvalue weighted by Gasteiger charge is 2.47. The van der Waals surface area contributed by atoms with Gasteiger partial charge in [0.05, 0.1) is 21.6 Å². The average molecular weight is 610 g/mol. The van der Waals surface area contributed by atoms with Gasteiger partial charge in [-0.15, -0.1) is 0 Å². The third kappa shape index (κ3) is 7.11. The number of aliphatic carboxylic acids is 1. The third-order valence-corrected chi connectivity index (χ3v) is 9.25. The van der Waals surface area contributed by atoms with E-state index >= 15 is 4.39 Å². The van der Waals surface area contributed by atoms with Gasteiger partial charge in [-0.1, -0.05) is 0 Å². The van der Waals surface area contributed by atoms with Crippen molar-refractivity contribution in [1.29, 1.82) is 0 Å². The summed E-state index contributed by atoms with van der Waals surface area (Å²) < 4.78 is 145. The first-order chi connectivity index (χ1) is 18.1. The van der Waals surface area contributed by atoms with Gasteiger partial charge in [-0.25, -0.2) is 30.4 Å². The van der Waals surface area contributed by atoms with Gasteiger partial charge in [0, 0.05) is 43.8 Å².